The van der Waals surface area contributed by atoms with Gasteiger partial charge in [-0.25, -0.2) is 4.79 Å². The first-order valence-electron chi connectivity index (χ1n) is 4.94. The fourth-order valence-corrected chi connectivity index (χ4v) is 1.57. The van der Waals surface area contributed by atoms with Crippen molar-refractivity contribution in [3.05, 3.63) is 52.6 Å². The molecular weight excluding hydrogens is 204 g/mol. The Bertz CT molecular complexity index is 608. The van der Waals surface area contributed by atoms with Gasteiger partial charge in [0.25, 0.3) is 0 Å². The number of fused-ring (bicyclic) bond motifs is 1. The average Bonchev–Trinajstić information content (AvgIpc) is 2.15. The van der Waals surface area contributed by atoms with E-state index < -0.39 is 0 Å². The number of hydrogen-bond donors (Lipinski definition) is 0. The molecule has 16 heavy (non-hydrogen) atoms. The summed E-state index contributed by atoms with van der Waals surface area (Å²) in [5, 5.41) is 0.911. The van der Waals surface area contributed by atoms with Crippen molar-refractivity contribution >= 4 is 11.0 Å². The van der Waals surface area contributed by atoms with Crippen LogP contribution in [-0.4, -0.2) is 0 Å². The van der Waals surface area contributed by atoms with Crippen molar-refractivity contribution in [2.24, 2.45) is 0 Å². The summed E-state index contributed by atoms with van der Waals surface area (Å²) >= 11 is 0. The number of rotatable bonds is 2. The number of allylic oxidation sites excluding steroid dienone is 1. The third kappa shape index (κ3) is 1.98. The molecule has 0 fully saturated rings. The Hall–Kier alpha value is -2.03. The van der Waals surface area contributed by atoms with Crippen LogP contribution in [0, 0.1) is 6.92 Å². The molecule has 3 heteroatoms. The molecule has 0 aliphatic heterocycles. The van der Waals surface area contributed by atoms with Gasteiger partial charge in [-0.05, 0) is 31.5 Å². The maximum atomic E-state index is 11.2. The normalized spacial score (nSPS) is 10.4. The van der Waals surface area contributed by atoms with Gasteiger partial charge in [0.05, 0.1) is 5.76 Å². The van der Waals surface area contributed by atoms with Crippen LogP contribution in [0.1, 0.15) is 12.5 Å². The second-order valence-electron chi connectivity index (χ2n) is 3.71. The lowest BCUT2D eigenvalue weighted by atomic mass is 10.1. The van der Waals surface area contributed by atoms with E-state index in [4.69, 9.17) is 9.15 Å². The second-order valence-corrected chi connectivity index (χ2v) is 3.71. The summed E-state index contributed by atoms with van der Waals surface area (Å²) in [5.74, 6) is 1.21. The minimum atomic E-state index is -0.350. The SMILES string of the molecule is C=C(C)Oc1ccc2c(C)cc(=O)oc2c1. The summed E-state index contributed by atoms with van der Waals surface area (Å²) < 4.78 is 10.4. The first kappa shape index (κ1) is 10.5. The fraction of sp³-hybridized carbons (Fsp3) is 0.154. The maximum absolute atomic E-state index is 11.2. The van der Waals surface area contributed by atoms with Crippen LogP contribution in [0.2, 0.25) is 0 Å². The molecule has 0 saturated carbocycles. The Morgan fingerprint density at radius 1 is 1.38 bits per heavy atom. The summed E-state index contributed by atoms with van der Waals surface area (Å²) in [6, 6.07) is 6.86. The molecule has 0 radical (unpaired) electrons. The van der Waals surface area contributed by atoms with Crippen molar-refractivity contribution in [2.75, 3.05) is 0 Å². The highest BCUT2D eigenvalue weighted by Gasteiger charge is 2.03. The highest BCUT2D eigenvalue weighted by molar-refractivity contribution is 5.81. The molecule has 0 N–H and O–H groups in total. The van der Waals surface area contributed by atoms with Crippen LogP contribution in [0.3, 0.4) is 0 Å². The van der Waals surface area contributed by atoms with E-state index in [9.17, 15) is 4.79 Å². The number of hydrogen-bond acceptors (Lipinski definition) is 3. The van der Waals surface area contributed by atoms with E-state index in [1.54, 1.807) is 13.0 Å². The highest BCUT2D eigenvalue weighted by Crippen LogP contribution is 2.23. The van der Waals surface area contributed by atoms with E-state index in [1.165, 1.54) is 6.07 Å². The van der Waals surface area contributed by atoms with Gasteiger partial charge in [0.1, 0.15) is 11.3 Å². The van der Waals surface area contributed by atoms with Crippen molar-refractivity contribution in [2.45, 2.75) is 13.8 Å². The van der Waals surface area contributed by atoms with Crippen LogP contribution in [0.4, 0.5) is 0 Å². The molecule has 0 amide bonds. The van der Waals surface area contributed by atoms with Crippen LogP contribution < -0.4 is 10.4 Å². The summed E-state index contributed by atoms with van der Waals surface area (Å²) in [5.41, 5.74) is 1.08. The van der Waals surface area contributed by atoms with Crippen LogP contribution >= 0.6 is 0 Å². The van der Waals surface area contributed by atoms with Gasteiger partial charge in [0.2, 0.25) is 0 Å². The van der Waals surface area contributed by atoms with E-state index in [1.807, 2.05) is 19.1 Å². The van der Waals surface area contributed by atoms with Gasteiger partial charge in [-0.15, -0.1) is 0 Å². The third-order valence-electron chi connectivity index (χ3n) is 2.21. The van der Waals surface area contributed by atoms with Gasteiger partial charge >= 0.3 is 5.63 Å². The predicted octanol–water partition coefficient (Wildman–Crippen LogP) is 3.01. The summed E-state index contributed by atoms with van der Waals surface area (Å²) in [6.45, 7) is 7.29. The van der Waals surface area contributed by atoms with Gasteiger partial charge in [-0.1, -0.05) is 6.58 Å². The van der Waals surface area contributed by atoms with Crippen molar-refractivity contribution in [1.29, 1.82) is 0 Å². The Morgan fingerprint density at radius 2 is 2.12 bits per heavy atom. The lowest BCUT2D eigenvalue weighted by molar-refractivity contribution is 0.429. The topological polar surface area (TPSA) is 39.4 Å². The van der Waals surface area contributed by atoms with Crippen LogP contribution in [0.15, 0.2) is 45.8 Å². The average molecular weight is 216 g/mol. The molecule has 0 atom stereocenters. The molecule has 0 spiro atoms. The summed E-state index contributed by atoms with van der Waals surface area (Å²) in [7, 11) is 0. The van der Waals surface area contributed by atoms with Gasteiger partial charge < -0.3 is 9.15 Å². The molecule has 0 aliphatic rings. The van der Waals surface area contributed by atoms with E-state index in [0.717, 1.165) is 10.9 Å². The van der Waals surface area contributed by atoms with Crippen molar-refractivity contribution in [1.82, 2.24) is 0 Å². The van der Waals surface area contributed by atoms with Crippen molar-refractivity contribution in [3.8, 4) is 5.75 Å². The van der Waals surface area contributed by atoms with E-state index >= 15 is 0 Å². The standard InChI is InChI=1S/C13H12O3/c1-8(2)15-10-4-5-11-9(3)6-13(14)16-12(11)7-10/h4-7H,1H2,2-3H3. The first-order chi connectivity index (χ1) is 7.56. The predicted molar refractivity (Wildman–Crippen MR) is 62.7 cm³/mol. The number of ether oxygens (including phenoxy) is 1. The Morgan fingerprint density at radius 3 is 2.81 bits per heavy atom. The molecule has 0 unspecified atom stereocenters. The molecule has 82 valence electrons. The van der Waals surface area contributed by atoms with Gasteiger partial charge in [0.15, 0.2) is 0 Å². The number of benzene rings is 1. The molecule has 0 saturated heterocycles. The molecule has 0 aliphatic carbocycles. The Balaban J connectivity index is 2.61. The fourth-order valence-electron chi connectivity index (χ4n) is 1.57. The van der Waals surface area contributed by atoms with Crippen molar-refractivity contribution in [3.63, 3.8) is 0 Å². The largest absolute Gasteiger partial charge is 0.463 e. The quantitative estimate of drug-likeness (QED) is 0.572. The molecule has 2 rings (SSSR count). The molecular formula is C13H12O3. The zero-order valence-corrected chi connectivity index (χ0v) is 9.24. The molecule has 0 bridgehead atoms. The summed E-state index contributed by atoms with van der Waals surface area (Å²) in [6.07, 6.45) is 0. The van der Waals surface area contributed by atoms with Gasteiger partial charge in [-0.3, -0.25) is 0 Å². The Labute approximate surface area is 93.0 Å². The molecule has 1 aromatic carbocycles. The third-order valence-corrected chi connectivity index (χ3v) is 2.21. The molecule has 2 aromatic rings. The van der Waals surface area contributed by atoms with Crippen LogP contribution in [0.25, 0.3) is 11.0 Å². The minimum absolute atomic E-state index is 0.350. The molecule has 1 heterocycles. The van der Waals surface area contributed by atoms with E-state index in [2.05, 4.69) is 6.58 Å². The maximum Gasteiger partial charge on any atom is 0.336 e. The second kappa shape index (κ2) is 3.85. The van der Waals surface area contributed by atoms with Crippen molar-refractivity contribution < 1.29 is 9.15 Å². The lowest BCUT2D eigenvalue weighted by Gasteiger charge is -2.05. The van der Waals surface area contributed by atoms with E-state index in [-0.39, 0.29) is 5.63 Å². The van der Waals surface area contributed by atoms with Gasteiger partial charge in [-0.2, -0.15) is 0 Å². The Kier molecular flexibility index (Phi) is 2.52. The molecule has 3 nitrogen and oxygen atoms in total. The monoisotopic (exact) mass is 216 g/mol. The first-order valence-corrected chi connectivity index (χ1v) is 4.94. The highest BCUT2D eigenvalue weighted by atomic mass is 16.5. The smallest absolute Gasteiger partial charge is 0.336 e. The minimum Gasteiger partial charge on any atom is -0.463 e. The summed E-state index contributed by atoms with van der Waals surface area (Å²) in [4.78, 5) is 11.2. The van der Waals surface area contributed by atoms with Crippen LogP contribution in [0.5, 0.6) is 5.75 Å². The zero-order valence-electron chi connectivity index (χ0n) is 9.24. The molecule has 1 aromatic heterocycles. The van der Waals surface area contributed by atoms with E-state index in [0.29, 0.717) is 17.1 Å². The lowest BCUT2D eigenvalue weighted by Crippen LogP contribution is -1.98. The number of aryl methyl sites for hydroxylation is 1. The van der Waals surface area contributed by atoms with Crippen LogP contribution in [-0.2, 0) is 0 Å². The van der Waals surface area contributed by atoms with Gasteiger partial charge in [0, 0.05) is 17.5 Å². The zero-order chi connectivity index (χ0) is 11.7.